The first-order valence-electron chi connectivity index (χ1n) is 6.11. The highest BCUT2D eigenvalue weighted by atomic mass is 16.5. The smallest absolute Gasteiger partial charge is 0.163 e. The molecule has 1 aliphatic rings. The molecule has 94 valence electrons. The molecule has 1 aliphatic heterocycles. The van der Waals surface area contributed by atoms with Crippen molar-refractivity contribution in [3.8, 4) is 11.5 Å². The fourth-order valence-corrected chi connectivity index (χ4v) is 2.05. The standard InChI is InChI=1S/C13H20N2O2/c1-3-17-13-8-10(4-5-12(13)16-2)15-11-6-7-14-9-11/h4-5,8,11,14-15H,3,6-7,9H2,1-2H3. The number of nitrogens with one attached hydrogen (secondary N) is 2. The molecule has 1 heterocycles. The van der Waals surface area contributed by atoms with E-state index in [1.807, 2.05) is 25.1 Å². The largest absolute Gasteiger partial charge is 0.493 e. The molecular formula is C13H20N2O2. The van der Waals surface area contributed by atoms with Crippen molar-refractivity contribution in [1.29, 1.82) is 0 Å². The maximum absolute atomic E-state index is 5.55. The molecule has 1 atom stereocenters. The molecule has 0 aliphatic carbocycles. The van der Waals surface area contributed by atoms with Gasteiger partial charge >= 0.3 is 0 Å². The normalized spacial score (nSPS) is 19.1. The van der Waals surface area contributed by atoms with Crippen LogP contribution in [0.15, 0.2) is 18.2 Å². The molecule has 4 nitrogen and oxygen atoms in total. The van der Waals surface area contributed by atoms with Crippen LogP contribution in [0, 0.1) is 0 Å². The predicted octanol–water partition coefficient (Wildman–Crippen LogP) is 1.87. The molecule has 1 unspecified atom stereocenters. The lowest BCUT2D eigenvalue weighted by molar-refractivity contribution is 0.311. The third kappa shape index (κ3) is 3.03. The molecule has 1 aromatic carbocycles. The molecule has 0 aromatic heterocycles. The Morgan fingerprint density at radius 1 is 1.41 bits per heavy atom. The monoisotopic (exact) mass is 236 g/mol. The van der Waals surface area contributed by atoms with Crippen LogP contribution in [0.25, 0.3) is 0 Å². The van der Waals surface area contributed by atoms with Gasteiger partial charge in [-0.05, 0) is 32.0 Å². The lowest BCUT2D eigenvalue weighted by Gasteiger charge is -2.15. The van der Waals surface area contributed by atoms with Crippen molar-refractivity contribution in [3.05, 3.63) is 18.2 Å². The molecule has 1 saturated heterocycles. The van der Waals surface area contributed by atoms with E-state index in [9.17, 15) is 0 Å². The summed E-state index contributed by atoms with van der Waals surface area (Å²) in [4.78, 5) is 0. The molecule has 17 heavy (non-hydrogen) atoms. The summed E-state index contributed by atoms with van der Waals surface area (Å²) >= 11 is 0. The SMILES string of the molecule is CCOc1cc(NC2CCNC2)ccc1OC. The van der Waals surface area contributed by atoms with Crippen LogP contribution in [-0.4, -0.2) is 32.8 Å². The van der Waals surface area contributed by atoms with Crippen LogP contribution in [-0.2, 0) is 0 Å². The zero-order valence-corrected chi connectivity index (χ0v) is 10.5. The summed E-state index contributed by atoms with van der Waals surface area (Å²) in [5.41, 5.74) is 1.09. The Morgan fingerprint density at radius 3 is 2.94 bits per heavy atom. The molecule has 4 heteroatoms. The van der Waals surface area contributed by atoms with Crippen molar-refractivity contribution < 1.29 is 9.47 Å². The van der Waals surface area contributed by atoms with Crippen LogP contribution >= 0.6 is 0 Å². The Bertz CT molecular complexity index is 362. The van der Waals surface area contributed by atoms with Crippen molar-refractivity contribution in [2.24, 2.45) is 0 Å². The Labute approximate surface area is 102 Å². The number of rotatable bonds is 5. The second-order valence-electron chi connectivity index (χ2n) is 4.13. The number of ether oxygens (including phenoxy) is 2. The summed E-state index contributed by atoms with van der Waals surface area (Å²) in [6.07, 6.45) is 1.16. The van der Waals surface area contributed by atoms with Crippen molar-refractivity contribution in [1.82, 2.24) is 5.32 Å². The zero-order valence-electron chi connectivity index (χ0n) is 10.5. The summed E-state index contributed by atoms with van der Waals surface area (Å²) < 4.78 is 10.8. The highest BCUT2D eigenvalue weighted by molar-refractivity contribution is 5.55. The summed E-state index contributed by atoms with van der Waals surface area (Å²) in [6, 6.07) is 6.48. The van der Waals surface area contributed by atoms with E-state index in [1.54, 1.807) is 7.11 Å². The number of hydrogen-bond acceptors (Lipinski definition) is 4. The van der Waals surface area contributed by atoms with E-state index in [0.717, 1.165) is 36.7 Å². The second kappa shape index (κ2) is 5.77. The van der Waals surface area contributed by atoms with Crippen molar-refractivity contribution in [3.63, 3.8) is 0 Å². The highest BCUT2D eigenvalue weighted by Gasteiger charge is 2.14. The summed E-state index contributed by atoms with van der Waals surface area (Å²) in [5.74, 6) is 1.58. The number of benzene rings is 1. The van der Waals surface area contributed by atoms with Gasteiger partial charge in [0.2, 0.25) is 0 Å². The van der Waals surface area contributed by atoms with Crippen LogP contribution in [0.4, 0.5) is 5.69 Å². The van der Waals surface area contributed by atoms with Crippen LogP contribution < -0.4 is 20.1 Å². The Morgan fingerprint density at radius 2 is 2.29 bits per heavy atom. The number of hydrogen-bond donors (Lipinski definition) is 2. The van der Waals surface area contributed by atoms with Crippen LogP contribution in [0.2, 0.25) is 0 Å². The third-order valence-corrected chi connectivity index (χ3v) is 2.89. The molecule has 0 radical (unpaired) electrons. The second-order valence-corrected chi connectivity index (χ2v) is 4.13. The molecule has 1 aromatic rings. The third-order valence-electron chi connectivity index (χ3n) is 2.89. The van der Waals surface area contributed by atoms with Gasteiger partial charge in [0.05, 0.1) is 13.7 Å². The van der Waals surface area contributed by atoms with E-state index in [2.05, 4.69) is 10.6 Å². The predicted molar refractivity (Wildman–Crippen MR) is 69.1 cm³/mol. The van der Waals surface area contributed by atoms with E-state index in [0.29, 0.717) is 12.6 Å². The fourth-order valence-electron chi connectivity index (χ4n) is 2.05. The van der Waals surface area contributed by atoms with Gasteiger partial charge in [-0.15, -0.1) is 0 Å². The quantitative estimate of drug-likeness (QED) is 0.819. The summed E-state index contributed by atoms with van der Waals surface area (Å²) in [7, 11) is 1.66. The average molecular weight is 236 g/mol. The minimum absolute atomic E-state index is 0.512. The molecule has 2 N–H and O–H groups in total. The molecule has 0 spiro atoms. The first-order valence-corrected chi connectivity index (χ1v) is 6.11. The first kappa shape index (κ1) is 12.0. The van der Waals surface area contributed by atoms with Gasteiger partial charge in [0, 0.05) is 24.3 Å². The van der Waals surface area contributed by atoms with Crippen molar-refractivity contribution in [2.75, 3.05) is 32.1 Å². The van der Waals surface area contributed by atoms with Gasteiger partial charge in [-0.25, -0.2) is 0 Å². The van der Waals surface area contributed by atoms with E-state index in [-0.39, 0.29) is 0 Å². The fraction of sp³-hybridized carbons (Fsp3) is 0.538. The minimum atomic E-state index is 0.512. The molecule has 0 amide bonds. The van der Waals surface area contributed by atoms with Gasteiger partial charge in [-0.3, -0.25) is 0 Å². The minimum Gasteiger partial charge on any atom is -0.493 e. The first-order chi connectivity index (χ1) is 8.33. The van der Waals surface area contributed by atoms with Gasteiger partial charge < -0.3 is 20.1 Å². The molecule has 1 fully saturated rings. The summed E-state index contributed by atoms with van der Waals surface area (Å²) in [5, 5.41) is 6.83. The van der Waals surface area contributed by atoms with E-state index in [4.69, 9.17) is 9.47 Å². The molecule has 0 bridgehead atoms. The summed E-state index contributed by atoms with van der Waals surface area (Å²) in [6.45, 7) is 4.73. The Hall–Kier alpha value is -1.42. The van der Waals surface area contributed by atoms with Crippen molar-refractivity contribution in [2.45, 2.75) is 19.4 Å². The van der Waals surface area contributed by atoms with E-state index in [1.165, 1.54) is 0 Å². The van der Waals surface area contributed by atoms with Crippen LogP contribution in [0.3, 0.4) is 0 Å². The van der Waals surface area contributed by atoms with Gasteiger partial charge in [0.15, 0.2) is 11.5 Å². The lowest BCUT2D eigenvalue weighted by atomic mass is 10.2. The zero-order chi connectivity index (χ0) is 12.1. The topological polar surface area (TPSA) is 42.5 Å². The van der Waals surface area contributed by atoms with E-state index < -0.39 is 0 Å². The van der Waals surface area contributed by atoms with Crippen molar-refractivity contribution >= 4 is 5.69 Å². The average Bonchev–Trinajstić information content (AvgIpc) is 2.83. The van der Waals surface area contributed by atoms with Gasteiger partial charge in [-0.1, -0.05) is 0 Å². The number of anilines is 1. The maximum atomic E-state index is 5.55. The van der Waals surface area contributed by atoms with Gasteiger partial charge in [0.25, 0.3) is 0 Å². The Kier molecular flexibility index (Phi) is 4.09. The molecule has 2 rings (SSSR count). The molecular weight excluding hydrogens is 216 g/mol. The molecule has 0 saturated carbocycles. The highest BCUT2D eigenvalue weighted by Crippen LogP contribution is 2.30. The maximum Gasteiger partial charge on any atom is 0.163 e. The Balaban J connectivity index is 2.08. The van der Waals surface area contributed by atoms with Gasteiger partial charge in [0.1, 0.15) is 0 Å². The van der Waals surface area contributed by atoms with E-state index >= 15 is 0 Å². The van der Waals surface area contributed by atoms with Crippen LogP contribution in [0.5, 0.6) is 11.5 Å². The van der Waals surface area contributed by atoms with Gasteiger partial charge in [-0.2, -0.15) is 0 Å². The lowest BCUT2D eigenvalue weighted by Crippen LogP contribution is -2.22. The van der Waals surface area contributed by atoms with Crippen LogP contribution in [0.1, 0.15) is 13.3 Å². The number of methoxy groups -OCH3 is 1.